The summed E-state index contributed by atoms with van der Waals surface area (Å²) < 4.78 is 1.88. The number of amides is 1. The van der Waals surface area contributed by atoms with Gasteiger partial charge in [-0.15, -0.1) is 0 Å². The molecule has 1 aliphatic rings. The van der Waals surface area contributed by atoms with Crippen LogP contribution in [0, 0.1) is 5.92 Å². The van der Waals surface area contributed by atoms with Gasteiger partial charge in [0.15, 0.2) is 0 Å². The van der Waals surface area contributed by atoms with Gasteiger partial charge < -0.3 is 15.3 Å². The maximum atomic E-state index is 12.2. The average Bonchev–Trinajstić information content (AvgIpc) is 3.10. The third-order valence-corrected chi connectivity index (χ3v) is 5.65. The number of nitrogens with zero attached hydrogens (tertiary/aromatic N) is 3. The monoisotopic (exact) mass is 392 g/mol. The fourth-order valence-corrected chi connectivity index (χ4v) is 3.92. The first kappa shape index (κ1) is 19.5. The number of hydrogen-bond acceptors (Lipinski definition) is 4. The molecule has 1 saturated heterocycles. The molecule has 4 rings (SSSR count). The number of nitrogens with one attached hydrogen (secondary N) is 1. The van der Waals surface area contributed by atoms with Crippen molar-refractivity contribution in [3.05, 3.63) is 54.7 Å². The highest BCUT2D eigenvalue weighted by Gasteiger charge is 2.35. The van der Waals surface area contributed by atoms with Crippen molar-refractivity contribution in [3.8, 4) is 0 Å². The van der Waals surface area contributed by atoms with Gasteiger partial charge in [-0.25, -0.2) is 0 Å². The van der Waals surface area contributed by atoms with E-state index in [1.807, 2.05) is 72.1 Å². The van der Waals surface area contributed by atoms with Crippen LogP contribution in [0.2, 0.25) is 0 Å². The molecule has 2 aromatic carbocycles. The van der Waals surface area contributed by atoms with Crippen LogP contribution in [-0.2, 0) is 11.3 Å². The largest absolute Gasteiger partial charge is 0.388 e. The highest BCUT2D eigenvalue weighted by atomic mass is 16.3. The van der Waals surface area contributed by atoms with E-state index < -0.39 is 5.60 Å². The van der Waals surface area contributed by atoms with Crippen molar-refractivity contribution in [2.45, 2.75) is 38.8 Å². The first-order valence-corrected chi connectivity index (χ1v) is 10.2. The minimum Gasteiger partial charge on any atom is -0.388 e. The van der Waals surface area contributed by atoms with Gasteiger partial charge in [0.05, 0.1) is 23.9 Å². The Balaban J connectivity index is 1.45. The van der Waals surface area contributed by atoms with Gasteiger partial charge >= 0.3 is 0 Å². The molecular formula is C23H28N4O2. The number of piperidine rings is 1. The zero-order chi connectivity index (χ0) is 20.4. The van der Waals surface area contributed by atoms with Crippen molar-refractivity contribution in [3.63, 3.8) is 0 Å². The maximum Gasteiger partial charge on any atom is 0.225 e. The molecule has 1 aromatic heterocycles. The molecule has 0 spiro atoms. The van der Waals surface area contributed by atoms with Crippen LogP contribution >= 0.6 is 0 Å². The van der Waals surface area contributed by atoms with E-state index >= 15 is 0 Å². The Bertz CT molecular complexity index is 989. The number of aliphatic hydroxyl groups is 1. The summed E-state index contributed by atoms with van der Waals surface area (Å²) in [5.41, 5.74) is 2.20. The number of para-hydroxylation sites is 1. The SMILES string of the molecule is CC(C)C(=O)N1CCC(O)(Cn2ncc3cc(Nc4ccccc4)ccc32)CC1. The van der Waals surface area contributed by atoms with Crippen molar-refractivity contribution >= 4 is 28.2 Å². The fourth-order valence-electron chi connectivity index (χ4n) is 3.92. The summed E-state index contributed by atoms with van der Waals surface area (Å²) in [6.07, 6.45) is 2.98. The molecule has 0 aliphatic carbocycles. The second-order valence-corrected chi connectivity index (χ2v) is 8.27. The fraction of sp³-hybridized carbons (Fsp3) is 0.391. The number of rotatable bonds is 5. The zero-order valence-corrected chi connectivity index (χ0v) is 17.0. The lowest BCUT2D eigenvalue weighted by Gasteiger charge is -2.38. The third kappa shape index (κ3) is 4.27. The predicted octanol–water partition coefficient (Wildman–Crippen LogP) is 3.79. The minimum absolute atomic E-state index is 0.00468. The van der Waals surface area contributed by atoms with Crippen molar-refractivity contribution in [1.29, 1.82) is 0 Å². The standard InChI is InChI=1S/C23H28N4O2/c1-17(2)22(28)26-12-10-23(29,11-13-26)16-27-21-9-8-20(14-18(21)15-24-27)25-19-6-4-3-5-7-19/h3-9,14-15,17,25,29H,10-13,16H2,1-2H3. The van der Waals surface area contributed by atoms with E-state index in [9.17, 15) is 9.90 Å². The number of benzene rings is 2. The van der Waals surface area contributed by atoms with Crippen LogP contribution in [-0.4, -0.2) is 44.4 Å². The van der Waals surface area contributed by atoms with Crippen molar-refractivity contribution in [1.82, 2.24) is 14.7 Å². The smallest absolute Gasteiger partial charge is 0.225 e. The summed E-state index contributed by atoms with van der Waals surface area (Å²) in [6, 6.07) is 16.2. The lowest BCUT2D eigenvalue weighted by Crippen LogP contribution is -2.49. The summed E-state index contributed by atoms with van der Waals surface area (Å²) in [5.74, 6) is 0.157. The Kier molecular flexibility index (Phi) is 5.28. The molecule has 0 bridgehead atoms. The first-order valence-electron chi connectivity index (χ1n) is 10.2. The second kappa shape index (κ2) is 7.87. The van der Waals surface area contributed by atoms with Gasteiger partial charge in [0, 0.05) is 35.8 Å². The molecule has 0 unspecified atom stereocenters. The Labute approximate surface area is 171 Å². The quantitative estimate of drug-likeness (QED) is 0.693. The predicted molar refractivity (Wildman–Crippen MR) is 115 cm³/mol. The van der Waals surface area contributed by atoms with E-state index in [4.69, 9.17) is 0 Å². The van der Waals surface area contributed by atoms with Gasteiger partial charge in [0.2, 0.25) is 5.91 Å². The number of hydrogen-bond donors (Lipinski definition) is 2. The molecule has 0 atom stereocenters. The molecule has 0 saturated carbocycles. The number of carbonyl (C=O) groups is 1. The van der Waals surface area contributed by atoms with Gasteiger partial charge in [-0.05, 0) is 43.2 Å². The molecular weight excluding hydrogens is 364 g/mol. The van der Waals surface area contributed by atoms with Gasteiger partial charge in [-0.2, -0.15) is 5.10 Å². The van der Waals surface area contributed by atoms with Crippen LogP contribution in [0.25, 0.3) is 10.9 Å². The van der Waals surface area contributed by atoms with E-state index in [-0.39, 0.29) is 11.8 Å². The highest BCUT2D eigenvalue weighted by Crippen LogP contribution is 2.28. The van der Waals surface area contributed by atoms with E-state index in [1.54, 1.807) is 0 Å². The van der Waals surface area contributed by atoms with Crippen LogP contribution in [0.5, 0.6) is 0 Å². The molecule has 0 radical (unpaired) electrons. The lowest BCUT2D eigenvalue weighted by molar-refractivity contribution is -0.139. The average molecular weight is 393 g/mol. The molecule has 29 heavy (non-hydrogen) atoms. The minimum atomic E-state index is -0.840. The van der Waals surface area contributed by atoms with Crippen LogP contribution < -0.4 is 5.32 Å². The molecule has 6 heteroatoms. The first-order chi connectivity index (χ1) is 13.9. The third-order valence-electron chi connectivity index (χ3n) is 5.65. The lowest BCUT2D eigenvalue weighted by atomic mass is 9.90. The summed E-state index contributed by atoms with van der Waals surface area (Å²) in [4.78, 5) is 14.0. The number of fused-ring (bicyclic) bond motifs is 1. The van der Waals surface area contributed by atoms with Crippen LogP contribution in [0.1, 0.15) is 26.7 Å². The molecule has 1 amide bonds. The summed E-state index contributed by atoms with van der Waals surface area (Å²) in [6.45, 7) is 5.46. The topological polar surface area (TPSA) is 70.4 Å². The van der Waals surface area contributed by atoms with Gasteiger partial charge in [0.25, 0.3) is 0 Å². The second-order valence-electron chi connectivity index (χ2n) is 8.27. The molecule has 2 N–H and O–H groups in total. The summed E-state index contributed by atoms with van der Waals surface area (Å²) in [5, 5.41) is 20.0. The van der Waals surface area contributed by atoms with Crippen LogP contribution in [0.3, 0.4) is 0 Å². The zero-order valence-electron chi connectivity index (χ0n) is 17.0. The Morgan fingerprint density at radius 2 is 1.86 bits per heavy atom. The van der Waals surface area contributed by atoms with E-state index in [1.165, 1.54) is 0 Å². The number of aromatic nitrogens is 2. The van der Waals surface area contributed by atoms with Crippen molar-refractivity contribution in [2.24, 2.45) is 5.92 Å². The molecule has 1 fully saturated rings. The highest BCUT2D eigenvalue weighted by molar-refractivity contribution is 5.83. The van der Waals surface area contributed by atoms with E-state index in [0.29, 0.717) is 32.5 Å². The van der Waals surface area contributed by atoms with Gasteiger partial charge in [0.1, 0.15) is 0 Å². The molecule has 3 aromatic rings. The van der Waals surface area contributed by atoms with Crippen molar-refractivity contribution < 1.29 is 9.90 Å². The number of carbonyl (C=O) groups excluding carboxylic acids is 1. The summed E-state index contributed by atoms with van der Waals surface area (Å²) >= 11 is 0. The molecule has 2 heterocycles. The Morgan fingerprint density at radius 3 is 2.55 bits per heavy atom. The van der Waals surface area contributed by atoms with Crippen LogP contribution in [0.15, 0.2) is 54.7 Å². The summed E-state index contributed by atoms with van der Waals surface area (Å²) in [7, 11) is 0. The molecule has 152 valence electrons. The van der Waals surface area contributed by atoms with E-state index in [0.717, 1.165) is 22.3 Å². The molecule has 6 nitrogen and oxygen atoms in total. The van der Waals surface area contributed by atoms with Crippen molar-refractivity contribution in [2.75, 3.05) is 18.4 Å². The number of anilines is 2. The Morgan fingerprint density at radius 1 is 1.14 bits per heavy atom. The Hall–Kier alpha value is -2.86. The normalized spacial score (nSPS) is 16.3. The number of likely N-dealkylation sites (tertiary alicyclic amines) is 1. The van der Waals surface area contributed by atoms with E-state index in [2.05, 4.69) is 16.5 Å². The van der Waals surface area contributed by atoms with Crippen LogP contribution in [0.4, 0.5) is 11.4 Å². The molecule has 1 aliphatic heterocycles. The maximum absolute atomic E-state index is 12.2. The van der Waals surface area contributed by atoms with Gasteiger partial charge in [-0.1, -0.05) is 32.0 Å². The van der Waals surface area contributed by atoms with Gasteiger partial charge in [-0.3, -0.25) is 9.48 Å².